The van der Waals surface area contributed by atoms with Gasteiger partial charge in [0, 0.05) is 19.7 Å². The summed E-state index contributed by atoms with van der Waals surface area (Å²) in [7, 11) is 1.57. The molecule has 0 rings (SSSR count). The maximum atomic E-state index is 11.3. The molecule has 0 aromatic rings. The second-order valence-corrected chi connectivity index (χ2v) is 4.18. The van der Waals surface area contributed by atoms with E-state index in [-0.39, 0.29) is 31.6 Å². The maximum Gasteiger partial charge on any atom is 0.234 e. The van der Waals surface area contributed by atoms with Gasteiger partial charge in [0.1, 0.15) is 0 Å². The van der Waals surface area contributed by atoms with Crippen molar-refractivity contribution in [3.8, 4) is 0 Å². The number of hydrogen-bond acceptors (Lipinski definition) is 5. The standard InChI is InChI=1S/C10H22N2O4/c1-8(5-16-3)12-9(14)4-11-6-10(2,15)7-13/h8,11,13,15H,4-7H2,1-3H3,(H,12,14). The predicted molar refractivity (Wildman–Crippen MR) is 60.1 cm³/mol. The van der Waals surface area contributed by atoms with Gasteiger partial charge < -0.3 is 25.6 Å². The Balaban J connectivity index is 3.66. The van der Waals surface area contributed by atoms with Crippen LogP contribution in [0.2, 0.25) is 0 Å². The molecule has 0 spiro atoms. The number of ether oxygens (including phenoxy) is 1. The average molecular weight is 234 g/mol. The van der Waals surface area contributed by atoms with Crippen LogP contribution in [-0.2, 0) is 9.53 Å². The van der Waals surface area contributed by atoms with Crippen LogP contribution in [0, 0.1) is 0 Å². The number of rotatable bonds is 8. The number of hydrogen-bond donors (Lipinski definition) is 4. The molecule has 0 aliphatic rings. The molecule has 0 aromatic carbocycles. The maximum absolute atomic E-state index is 11.3. The van der Waals surface area contributed by atoms with Gasteiger partial charge in [-0.2, -0.15) is 0 Å². The molecule has 0 radical (unpaired) electrons. The number of carbonyl (C=O) groups excluding carboxylic acids is 1. The highest BCUT2D eigenvalue weighted by atomic mass is 16.5. The molecule has 0 aromatic heterocycles. The Morgan fingerprint density at radius 3 is 2.69 bits per heavy atom. The van der Waals surface area contributed by atoms with E-state index in [1.54, 1.807) is 7.11 Å². The molecule has 16 heavy (non-hydrogen) atoms. The summed E-state index contributed by atoms with van der Waals surface area (Å²) in [5.41, 5.74) is -1.20. The molecule has 96 valence electrons. The number of amides is 1. The van der Waals surface area contributed by atoms with Crippen LogP contribution in [0.1, 0.15) is 13.8 Å². The van der Waals surface area contributed by atoms with Crippen LogP contribution in [0.15, 0.2) is 0 Å². The zero-order valence-corrected chi connectivity index (χ0v) is 10.1. The zero-order chi connectivity index (χ0) is 12.6. The van der Waals surface area contributed by atoms with E-state index in [1.165, 1.54) is 6.92 Å². The first-order valence-electron chi connectivity index (χ1n) is 5.23. The van der Waals surface area contributed by atoms with E-state index in [9.17, 15) is 9.90 Å². The van der Waals surface area contributed by atoms with Crippen LogP contribution in [0.25, 0.3) is 0 Å². The SMILES string of the molecule is COCC(C)NC(=O)CNCC(C)(O)CO. The highest BCUT2D eigenvalue weighted by Crippen LogP contribution is 1.97. The molecule has 0 heterocycles. The van der Waals surface area contributed by atoms with Crippen LogP contribution in [0.5, 0.6) is 0 Å². The Morgan fingerprint density at radius 1 is 1.56 bits per heavy atom. The summed E-state index contributed by atoms with van der Waals surface area (Å²) < 4.78 is 4.87. The summed E-state index contributed by atoms with van der Waals surface area (Å²) >= 11 is 0. The zero-order valence-electron chi connectivity index (χ0n) is 10.1. The summed E-state index contributed by atoms with van der Waals surface area (Å²) in [4.78, 5) is 11.3. The van der Waals surface area contributed by atoms with Gasteiger partial charge in [0.15, 0.2) is 0 Å². The third-order valence-corrected chi connectivity index (χ3v) is 1.96. The van der Waals surface area contributed by atoms with Crippen LogP contribution < -0.4 is 10.6 Å². The van der Waals surface area contributed by atoms with Crippen LogP contribution in [0.3, 0.4) is 0 Å². The van der Waals surface area contributed by atoms with Crippen molar-refractivity contribution in [1.82, 2.24) is 10.6 Å². The van der Waals surface area contributed by atoms with E-state index in [0.717, 1.165) is 0 Å². The fourth-order valence-electron chi connectivity index (χ4n) is 1.12. The first kappa shape index (κ1) is 15.3. The molecule has 0 fully saturated rings. The lowest BCUT2D eigenvalue weighted by atomic mass is 10.1. The quantitative estimate of drug-likeness (QED) is 0.409. The molecule has 6 heteroatoms. The van der Waals surface area contributed by atoms with Crippen molar-refractivity contribution in [2.75, 3.05) is 33.4 Å². The Kier molecular flexibility index (Phi) is 7.24. The minimum Gasteiger partial charge on any atom is -0.393 e. The molecular weight excluding hydrogens is 212 g/mol. The minimum atomic E-state index is -1.20. The van der Waals surface area contributed by atoms with Crippen molar-refractivity contribution in [1.29, 1.82) is 0 Å². The highest BCUT2D eigenvalue weighted by Gasteiger charge is 2.18. The molecular formula is C10H22N2O4. The number of nitrogens with one attached hydrogen (secondary N) is 2. The van der Waals surface area contributed by atoms with Crippen LogP contribution >= 0.6 is 0 Å². The molecule has 6 nitrogen and oxygen atoms in total. The fourth-order valence-corrected chi connectivity index (χ4v) is 1.12. The summed E-state index contributed by atoms with van der Waals surface area (Å²) in [6.07, 6.45) is 0. The third kappa shape index (κ3) is 7.58. The summed E-state index contributed by atoms with van der Waals surface area (Å²) in [6.45, 7) is 3.71. The first-order chi connectivity index (χ1) is 7.41. The Labute approximate surface area is 96.0 Å². The normalized spacial score (nSPS) is 16.6. The van der Waals surface area contributed by atoms with Crippen molar-refractivity contribution >= 4 is 5.91 Å². The number of methoxy groups -OCH3 is 1. The molecule has 0 bridgehead atoms. The van der Waals surface area contributed by atoms with Crippen molar-refractivity contribution in [3.05, 3.63) is 0 Å². The van der Waals surface area contributed by atoms with E-state index < -0.39 is 5.60 Å². The Bertz CT molecular complexity index is 209. The van der Waals surface area contributed by atoms with Gasteiger partial charge in [-0.3, -0.25) is 4.79 Å². The van der Waals surface area contributed by atoms with Crippen molar-refractivity contribution < 1.29 is 19.7 Å². The Hall–Kier alpha value is -0.690. The van der Waals surface area contributed by atoms with E-state index in [0.29, 0.717) is 6.61 Å². The topological polar surface area (TPSA) is 90.8 Å². The van der Waals surface area contributed by atoms with Gasteiger partial charge in [-0.05, 0) is 13.8 Å². The van der Waals surface area contributed by atoms with Gasteiger partial charge in [-0.1, -0.05) is 0 Å². The lowest BCUT2D eigenvalue weighted by Gasteiger charge is -2.20. The van der Waals surface area contributed by atoms with Gasteiger partial charge in [0.25, 0.3) is 0 Å². The lowest BCUT2D eigenvalue weighted by Crippen LogP contribution is -2.46. The van der Waals surface area contributed by atoms with Gasteiger partial charge in [0.2, 0.25) is 5.91 Å². The summed E-state index contributed by atoms with van der Waals surface area (Å²) in [6, 6.07) is -0.0438. The van der Waals surface area contributed by atoms with Crippen LogP contribution in [-0.4, -0.2) is 61.2 Å². The Morgan fingerprint density at radius 2 is 2.19 bits per heavy atom. The van der Waals surface area contributed by atoms with Gasteiger partial charge in [-0.25, -0.2) is 0 Å². The van der Waals surface area contributed by atoms with E-state index in [1.807, 2.05) is 6.92 Å². The first-order valence-corrected chi connectivity index (χ1v) is 5.23. The van der Waals surface area contributed by atoms with Gasteiger partial charge >= 0.3 is 0 Å². The molecule has 2 unspecified atom stereocenters. The molecule has 0 saturated heterocycles. The molecule has 0 saturated carbocycles. The average Bonchev–Trinajstić information content (AvgIpc) is 2.17. The fraction of sp³-hybridized carbons (Fsp3) is 0.900. The summed E-state index contributed by atoms with van der Waals surface area (Å²) in [5.74, 6) is -0.168. The van der Waals surface area contributed by atoms with Crippen molar-refractivity contribution in [2.24, 2.45) is 0 Å². The summed E-state index contributed by atoms with van der Waals surface area (Å²) in [5, 5.41) is 23.7. The molecule has 0 aliphatic heterocycles. The van der Waals surface area contributed by atoms with Gasteiger partial charge in [0.05, 0.1) is 25.4 Å². The van der Waals surface area contributed by atoms with Crippen molar-refractivity contribution in [2.45, 2.75) is 25.5 Å². The van der Waals surface area contributed by atoms with E-state index in [4.69, 9.17) is 9.84 Å². The third-order valence-electron chi connectivity index (χ3n) is 1.96. The lowest BCUT2D eigenvalue weighted by molar-refractivity contribution is -0.121. The number of aliphatic hydroxyl groups excluding tert-OH is 1. The largest absolute Gasteiger partial charge is 0.393 e. The van der Waals surface area contributed by atoms with Crippen LogP contribution in [0.4, 0.5) is 0 Å². The van der Waals surface area contributed by atoms with E-state index in [2.05, 4.69) is 10.6 Å². The second-order valence-electron chi connectivity index (χ2n) is 4.18. The minimum absolute atomic E-state index is 0.0438. The number of carbonyl (C=O) groups is 1. The highest BCUT2D eigenvalue weighted by molar-refractivity contribution is 5.78. The molecule has 0 aliphatic carbocycles. The van der Waals surface area contributed by atoms with E-state index >= 15 is 0 Å². The predicted octanol–water partition coefficient (Wildman–Crippen LogP) is -1.53. The smallest absolute Gasteiger partial charge is 0.234 e. The molecule has 4 N–H and O–H groups in total. The van der Waals surface area contributed by atoms with Crippen molar-refractivity contribution in [3.63, 3.8) is 0 Å². The second kappa shape index (κ2) is 7.56. The molecule has 2 atom stereocenters. The van der Waals surface area contributed by atoms with Gasteiger partial charge in [-0.15, -0.1) is 0 Å². The monoisotopic (exact) mass is 234 g/mol. The molecule has 1 amide bonds. The number of aliphatic hydroxyl groups is 2.